The summed E-state index contributed by atoms with van der Waals surface area (Å²) in [6.45, 7) is 0. The Labute approximate surface area is 151 Å². The molecular formula is C17H15ClN4O4. The SMILES string of the molecule is Cn1c(=O)c2c(C(=O)Nc3ccc(Cl)cc3)cc(=O)n(C)c2n(C)c1=O. The maximum absolute atomic E-state index is 12.7. The van der Waals surface area contributed by atoms with Gasteiger partial charge in [0.1, 0.15) is 5.65 Å². The summed E-state index contributed by atoms with van der Waals surface area (Å²) in [5.74, 6) is -0.634. The van der Waals surface area contributed by atoms with Crippen LogP contribution < -0.4 is 22.1 Å². The fraction of sp³-hybridized carbons (Fsp3) is 0.176. The highest BCUT2D eigenvalue weighted by atomic mass is 35.5. The summed E-state index contributed by atoms with van der Waals surface area (Å²) >= 11 is 5.82. The van der Waals surface area contributed by atoms with Gasteiger partial charge < -0.3 is 5.32 Å². The lowest BCUT2D eigenvalue weighted by atomic mass is 10.1. The van der Waals surface area contributed by atoms with E-state index in [1.807, 2.05) is 0 Å². The molecule has 1 amide bonds. The molecule has 1 aromatic carbocycles. The van der Waals surface area contributed by atoms with Crippen LogP contribution in [0.4, 0.5) is 5.69 Å². The molecule has 3 aromatic rings. The first-order chi connectivity index (χ1) is 12.2. The van der Waals surface area contributed by atoms with Crippen LogP contribution in [0.2, 0.25) is 5.02 Å². The highest BCUT2D eigenvalue weighted by molar-refractivity contribution is 6.30. The molecule has 0 radical (unpaired) electrons. The van der Waals surface area contributed by atoms with Gasteiger partial charge in [-0.25, -0.2) is 4.79 Å². The lowest BCUT2D eigenvalue weighted by Crippen LogP contribution is -2.40. The number of amides is 1. The van der Waals surface area contributed by atoms with Crippen molar-refractivity contribution >= 4 is 34.2 Å². The molecule has 9 heteroatoms. The third kappa shape index (κ3) is 2.74. The maximum atomic E-state index is 12.7. The van der Waals surface area contributed by atoms with Crippen LogP contribution >= 0.6 is 11.6 Å². The van der Waals surface area contributed by atoms with E-state index in [0.717, 1.165) is 19.8 Å². The molecule has 0 aliphatic heterocycles. The van der Waals surface area contributed by atoms with Crippen molar-refractivity contribution in [1.82, 2.24) is 13.7 Å². The van der Waals surface area contributed by atoms with Crippen molar-refractivity contribution in [3.8, 4) is 0 Å². The molecule has 3 rings (SSSR count). The van der Waals surface area contributed by atoms with Crippen molar-refractivity contribution in [3.05, 3.63) is 72.1 Å². The molecule has 0 aliphatic rings. The first kappa shape index (κ1) is 17.7. The summed E-state index contributed by atoms with van der Waals surface area (Å²) < 4.78 is 3.22. The standard InChI is InChI=1S/C17H15ClN4O4/c1-20-12(23)8-11(14(24)19-10-6-4-9(18)5-7-10)13-15(20)21(2)17(26)22(3)16(13)25/h4-8H,1-3H3,(H,19,24). The third-order valence-electron chi connectivity index (χ3n) is 4.17. The molecule has 0 saturated heterocycles. The van der Waals surface area contributed by atoms with Crippen molar-refractivity contribution in [2.75, 3.05) is 5.32 Å². The van der Waals surface area contributed by atoms with Gasteiger partial charge in [-0.15, -0.1) is 0 Å². The van der Waals surface area contributed by atoms with E-state index in [4.69, 9.17) is 11.6 Å². The van der Waals surface area contributed by atoms with Crippen LogP contribution in [0.5, 0.6) is 0 Å². The number of pyridine rings is 1. The molecule has 0 unspecified atom stereocenters. The molecular weight excluding hydrogens is 360 g/mol. The molecule has 0 bridgehead atoms. The average Bonchev–Trinajstić information content (AvgIpc) is 2.61. The predicted molar refractivity (Wildman–Crippen MR) is 99.1 cm³/mol. The van der Waals surface area contributed by atoms with E-state index in [0.29, 0.717) is 10.7 Å². The molecule has 0 saturated carbocycles. The van der Waals surface area contributed by atoms with E-state index in [-0.39, 0.29) is 16.6 Å². The fourth-order valence-corrected chi connectivity index (χ4v) is 2.90. The first-order valence-corrected chi connectivity index (χ1v) is 7.97. The third-order valence-corrected chi connectivity index (χ3v) is 4.42. The maximum Gasteiger partial charge on any atom is 0.332 e. The van der Waals surface area contributed by atoms with Crippen molar-refractivity contribution < 1.29 is 4.79 Å². The van der Waals surface area contributed by atoms with Gasteiger partial charge in [0.25, 0.3) is 17.0 Å². The summed E-state index contributed by atoms with van der Waals surface area (Å²) in [6, 6.07) is 7.47. The van der Waals surface area contributed by atoms with Gasteiger partial charge in [0.2, 0.25) is 0 Å². The fourth-order valence-electron chi connectivity index (χ4n) is 2.77. The Morgan fingerprint density at radius 3 is 2.19 bits per heavy atom. The number of rotatable bonds is 2. The lowest BCUT2D eigenvalue weighted by molar-refractivity contribution is 0.102. The largest absolute Gasteiger partial charge is 0.332 e. The number of aromatic nitrogens is 3. The van der Waals surface area contributed by atoms with Crippen LogP contribution in [0.15, 0.2) is 44.7 Å². The summed E-state index contributed by atoms with van der Waals surface area (Å²) in [4.78, 5) is 49.8. The van der Waals surface area contributed by atoms with E-state index < -0.39 is 22.7 Å². The molecule has 2 heterocycles. The lowest BCUT2D eigenvalue weighted by Gasteiger charge is -2.14. The van der Waals surface area contributed by atoms with Gasteiger partial charge in [0.15, 0.2) is 0 Å². The van der Waals surface area contributed by atoms with Gasteiger partial charge in [-0.05, 0) is 24.3 Å². The number of carbonyl (C=O) groups is 1. The minimum Gasteiger partial charge on any atom is -0.322 e. The van der Waals surface area contributed by atoms with Gasteiger partial charge in [0.05, 0.1) is 10.9 Å². The van der Waals surface area contributed by atoms with Gasteiger partial charge in [-0.2, -0.15) is 0 Å². The van der Waals surface area contributed by atoms with E-state index in [2.05, 4.69) is 5.32 Å². The van der Waals surface area contributed by atoms with Gasteiger partial charge >= 0.3 is 5.69 Å². The Morgan fingerprint density at radius 2 is 1.58 bits per heavy atom. The quantitative estimate of drug-likeness (QED) is 0.719. The van der Waals surface area contributed by atoms with Crippen LogP contribution in [0, 0.1) is 0 Å². The summed E-state index contributed by atoms with van der Waals surface area (Å²) in [5.41, 5.74) is -1.33. The number of hydrogen-bond acceptors (Lipinski definition) is 4. The van der Waals surface area contributed by atoms with E-state index in [1.54, 1.807) is 24.3 Å². The Kier molecular flexibility index (Phi) is 4.29. The van der Waals surface area contributed by atoms with Crippen molar-refractivity contribution in [2.24, 2.45) is 21.1 Å². The van der Waals surface area contributed by atoms with Crippen LogP contribution in [0.3, 0.4) is 0 Å². The van der Waals surface area contributed by atoms with E-state index >= 15 is 0 Å². The predicted octanol–water partition coefficient (Wildman–Crippen LogP) is 0.842. The molecule has 1 N–H and O–H groups in total. The molecule has 0 spiro atoms. The normalized spacial score (nSPS) is 10.9. The molecule has 2 aromatic heterocycles. The Morgan fingerprint density at radius 1 is 0.962 bits per heavy atom. The molecule has 8 nitrogen and oxygen atoms in total. The topological polar surface area (TPSA) is 95.1 Å². The second kappa shape index (κ2) is 6.30. The first-order valence-electron chi connectivity index (χ1n) is 7.59. The summed E-state index contributed by atoms with van der Waals surface area (Å²) in [6.07, 6.45) is 0. The number of benzene rings is 1. The Balaban J connectivity index is 2.29. The second-order valence-corrected chi connectivity index (χ2v) is 6.26. The number of carbonyl (C=O) groups excluding carboxylic acids is 1. The minimum absolute atomic E-state index is 0.0110. The Hall–Kier alpha value is -3.13. The minimum atomic E-state index is -0.653. The number of fused-ring (bicyclic) bond motifs is 1. The van der Waals surface area contributed by atoms with Crippen LogP contribution in [-0.4, -0.2) is 19.6 Å². The summed E-state index contributed by atoms with van der Waals surface area (Å²) in [5, 5.41) is 3.12. The molecule has 0 aliphatic carbocycles. The smallest absolute Gasteiger partial charge is 0.322 e. The molecule has 0 atom stereocenters. The van der Waals surface area contributed by atoms with Gasteiger partial charge in [-0.1, -0.05) is 11.6 Å². The second-order valence-electron chi connectivity index (χ2n) is 5.82. The highest BCUT2D eigenvalue weighted by Gasteiger charge is 2.20. The average molecular weight is 375 g/mol. The number of halogens is 1. The number of anilines is 1. The highest BCUT2D eigenvalue weighted by Crippen LogP contribution is 2.16. The monoisotopic (exact) mass is 374 g/mol. The van der Waals surface area contributed by atoms with E-state index in [9.17, 15) is 19.2 Å². The van der Waals surface area contributed by atoms with Crippen LogP contribution in [0.1, 0.15) is 10.4 Å². The van der Waals surface area contributed by atoms with Crippen molar-refractivity contribution in [1.29, 1.82) is 0 Å². The zero-order valence-electron chi connectivity index (χ0n) is 14.2. The van der Waals surface area contributed by atoms with Crippen molar-refractivity contribution in [2.45, 2.75) is 0 Å². The zero-order chi connectivity index (χ0) is 19.2. The van der Waals surface area contributed by atoms with E-state index in [1.165, 1.54) is 21.1 Å². The van der Waals surface area contributed by atoms with Gasteiger partial charge in [0, 0.05) is 37.9 Å². The van der Waals surface area contributed by atoms with Gasteiger partial charge in [-0.3, -0.25) is 28.1 Å². The number of aryl methyl sites for hydroxylation is 2. The zero-order valence-corrected chi connectivity index (χ0v) is 15.0. The van der Waals surface area contributed by atoms with Crippen LogP contribution in [0.25, 0.3) is 11.0 Å². The number of nitrogens with one attached hydrogen (secondary N) is 1. The molecule has 0 fully saturated rings. The van der Waals surface area contributed by atoms with Crippen molar-refractivity contribution in [3.63, 3.8) is 0 Å². The Bertz CT molecular complexity index is 1220. The van der Waals surface area contributed by atoms with Crippen LogP contribution in [-0.2, 0) is 21.1 Å². The summed E-state index contributed by atoms with van der Waals surface area (Å²) in [7, 11) is 4.19. The number of nitrogens with zero attached hydrogens (tertiary/aromatic N) is 3. The number of hydrogen-bond donors (Lipinski definition) is 1. The molecule has 134 valence electrons. The molecule has 26 heavy (non-hydrogen) atoms.